The second-order valence-electron chi connectivity index (χ2n) is 4.83. The molecule has 1 aliphatic heterocycles. The van der Waals surface area contributed by atoms with Crippen LogP contribution in [0.15, 0.2) is 12.4 Å². The van der Waals surface area contributed by atoms with E-state index in [1.165, 1.54) is 0 Å². The molecule has 0 aliphatic carbocycles. The van der Waals surface area contributed by atoms with Gasteiger partial charge in [0.25, 0.3) is 0 Å². The Morgan fingerprint density at radius 1 is 1.72 bits per heavy atom. The molecule has 2 N–H and O–H groups in total. The summed E-state index contributed by atoms with van der Waals surface area (Å²) in [7, 11) is 1.82. The highest BCUT2D eigenvalue weighted by atomic mass is 16.5. The fourth-order valence-corrected chi connectivity index (χ4v) is 2.17. The normalized spacial score (nSPS) is 19.7. The van der Waals surface area contributed by atoms with E-state index in [-0.39, 0.29) is 12.5 Å². The number of likely N-dealkylation sites (N-methyl/N-ethyl adjacent to an activating group) is 1. The third-order valence-electron chi connectivity index (χ3n) is 3.16. The average molecular weight is 252 g/mol. The van der Waals surface area contributed by atoms with Crippen LogP contribution >= 0.6 is 0 Å². The maximum Gasteiger partial charge on any atom is 0.244 e. The zero-order valence-electron chi connectivity index (χ0n) is 10.7. The van der Waals surface area contributed by atoms with E-state index in [1.807, 2.05) is 7.05 Å². The van der Waals surface area contributed by atoms with Gasteiger partial charge in [0.2, 0.25) is 5.91 Å². The summed E-state index contributed by atoms with van der Waals surface area (Å²) < 4.78 is 6.97. The first kappa shape index (κ1) is 12.9. The van der Waals surface area contributed by atoms with Gasteiger partial charge in [-0.05, 0) is 18.8 Å². The van der Waals surface area contributed by atoms with Crippen LogP contribution in [0.2, 0.25) is 0 Å². The van der Waals surface area contributed by atoms with Crippen LogP contribution in [0.1, 0.15) is 12.8 Å². The summed E-state index contributed by atoms with van der Waals surface area (Å²) >= 11 is 0. The predicted molar refractivity (Wildman–Crippen MR) is 67.8 cm³/mol. The minimum Gasteiger partial charge on any atom is -0.396 e. The molecule has 1 amide bonds. The lowest BCUT2D eigenvalue weighted by Crippen LogP contribution is -2.37. The molecular formula is C12H20N4O2. The number of nitrogen functional groups attached to an aromatic ring is 1. The van der Waals surface area contributed by atoms with Crippen molar-refractivity contribution in [1.82, 2.24) is 14.7 Å². The van der Waals surface area contributed by atoms with Crippen molar-refractivity contribution in [3.8, 4) is 0 Å². The van der Waals surface area contributed by atoms with Gasteiger partial charge in [0.1, 0.15) is 6.54 Å². The smallest absolute Gasteiger partial charge is 0.244 e. The number of rotatable bonds is 4. The lowest BCUT2D eigenvalue weighted by Gasteiger charge is -2.27. The predicted octanol–water partition coefficient (Wildman–Crippen LogP) is 0.350. The molecule has 0 radical (unpaired) electrons. The van der Waals surface area contributed by atoms with Crippen LogP contribution < -0.4 is 5.73 Å². The third kappa shape index (κ3) is 3.46. The Labute approximate surface area is 107 Å². The van der Waals surface area contributed by atoms with Gasteiger partial charge in [-0.3, -0.25) is 9.48 Å². The molecule has 1 atom stereocenters. The Bertz CT molecular complexity index is 399. The van der Waals surface area contributed by atoms with Gasteiger partial charge in [-0.1, -0.05) is 0 Å². The summed E-state index contributed by atoms with van der Waals surface area (Å²) in [6.45, 7) is 2.59. The Balaban J connectivity index is 1.80. The summed E-state index contributed by atoms with van der Waals surface area (Å²) in [5, 5.41) is 4.00. The fourth-order valence-electron chi connectivity index (χ4n) is 2.17. The SMILES string of the molecule is CN(CC1CCCOC1)C(=O)Cn1cc(N)cn1. The van der Waals surface area contributed by atoms with Crippen molar-refractivity contribution >= 4 is 11.6 Å². The van der Waals surface area contributed by atoms with Gasteiger partial charge >= 0.3 is 0 Å². The second-order valence-corrected chi connectivity index (χ2v) is 4.83. The van der Waals surface area contributed by atoms with Gasteiger partial charge < -0.3 is 15.4 Å². The molecule has 1 aromatic heterocycles. The fraction of sp³-hybridized carbons (Fsp3) is 0.667. The Morgan fingerprint density at radius 2 is 2.56 bits per heavy atom. The third-order valence-corrected chi connectivity index (χ3v) is 3.16. The highest BCUT2D eigenvalue weighted by molar-refractivity contribution is 5.75. The molecule has 2 rings (SSSR count). The lowest BCUT2D eigenvalue weighted by atomic mass is 10.0. The van der Waals surface area contributed by atoms with Crippen LogP contribution in [0.25, 0.3) is 0 Å². The Morgan fingerprint density at radius 3 is 3.17 bits per heavy atom. The van der Waals surface area contributed by atoms with E-state index >= 15 is 0 Å². The standard InChI is InChI=1S/C12H20N4O2/c1-15(6-10-3-2-4-18-9-10)12(17)8-16-7-11(13)5-14-16/h5,7,10H,2-4,6,8-9,13H2,1H3. The van der Waals surface area contributed by atoms with Gasteiger partial charge in [-0.2, -0.15) is 5.10 Å². The molecular weight excluding hydrogens is 232 g/mol. The van der Waals surface area contributed by atoms with Crippen molar-refractivity contribution in [3.63, 3.8) is 0 Å². The van der Waals surface area contributed by atoms with Gasteiger partial charge in [-0.25, -0.2) is 0 Å². The van der Waals surface area contributed by atoms with Crippen molar-refractivity contribution in [2.45, 2.75) is 19.4 Å². The zero-order valence-corrected chi connectivity index (χ0v) is 10.7. The van der Waals surface area contributed by atoms with Gasteiger partial charge in [-0.15, -0.1) is 0 Å². The molecule has 1 aromatic rings. The number of nitrogens with zero attached hydrogens (tertiary/aromatic N) is 3. The number of amides is 1. The summed E-state index contributed by atoms with van der Waals surface area (Å²) in [4.78, 5) is 13.7. The topological polar surface area (TPSA) is 73.4 Å². The first-order valence-electron chi connectivity index (χ1n) is 6.25. The largest absolute Gasteiger partial charge is 0.396 e. The van der Waals surface area contributed by atoms with E-state index in [4.69, 9.17) is 10.5 Å². The maximum atomic E-state index is 12.0. The van der Waals surface area contributed by atoms with Gasteiger partial charge in [0.15, 0.2) is 0 Å². The van der Waals surface area contributed by atoms with E-state index in [1.54, 1.807) is 22.0 Å². The van der Waals surface area contributed by atoms with Crippen molar-refractivity contribution in [2.24, 2.45) is 5.92 Å². The van der Waals surface area contributed by atoms with Crippen LogP contribution in [0.4, 0.5) is 5.69 Å². The van der Waals surface area contributed by atoms with Crippen LogP contribution in [-0.4, -0.2) is 47.4 Å². The Kier molecular flexibility index (Phi) is 4.19. The van der Waals surface area contributed by atoms with Crippen LogP contribution in [0.5, 0.6) is 0 Å². The first-order valence-corrected chi connectivity index (χ1v) is 6.25. The maximum absolute atomic E-state index is 12.0. The molecule has 6 nitrogen and oxygen atoms in total. The molecule has 1 aliphatic rings. The summed E-state index contributed by atoms with van der Waals surface area (Å²) in [5.41, 5.74) is 6.13. The van der Waals surface area contributed by atoms with Gasteiger partial charge in [0, 0.05) is 26.4 Å². The van der Waals surface area contributed by atoms with Crippen LogP contribution in [0, 0.1) is 5.92 Å². The van der Waals surface area contributed by atoms with E-state index in [0.717, 1.165) is 32.6 Å². The number of anilines is 1. The van der Waals surface area contributed by atoms with Crippen molar-refractivity contribution in [3.05, 3.63) is 12.4 Å². The summed E-state index contributed by atoms with van der Waals surface area (Å²) in [6, 6.07) is 0. The molecule has 0 spiro atoms. The van der Waals surface area contributed by atoms with E-state index in [2.05, 4.69) is 5.10 Å². The second kappa shape index (κ2) is 5.86. The molecule has 100 valence electrons. The quantitative estimate of drug-likeness (QED) is 0.839. The summed E-state index contributed by atoms with van der Waals surface area (Å²) in [6.07, 6.45) is 5.42. The first-order chi connectivity index (χ1) is 8.65. The molecule has 2 heterocycles. The molecule has 0 aromatic carbocycles. The highest BCUT2D eigenvalue weighted by Gasteiger charge is 2.18. The molecule has 18 heavy (non-hydrogen) atoms. The summed E-state index contributed by atoms with van der Waals surface area (Å²) in [5.74, 6) is 0.499. The van der Waals surface area contributed by atoms with Crippen molar-refractivity contribution < 1.29 is 9.53 Å². The molecule has 1 saturated heterocycles. The number of carbonyl (C=O) groups excluding carboxylic acids is 1. The highest BCUT2D eigenvalue weighted by Crippen LogP contribution is 2.14. The lowest BCUT2D eigenvalue weighted by molar-refractivity contribution is -0.131. The van der Waals surface area contributed by atoms with Crippen molar-refractivity contribution in [2.75, 3.05) is 32.5 Å². The minimum atomic E-state index is 0.0451. The Hall–Kier alpha value is -1.56. The molecule has 0 saturated carbocycles. The van der Waals surface area contributed by atoms with E-state index in [9.17, 15) is 4.79 Å². The average Bonchev–Trinajstić information content (AvgIpc) is 2.76. The monoisotopic (exact) mass is 252 g/mol. The number of hydrogen-bond acceptors (Lipinski definition) is 4. The molecule has 1 unspecified atom stereocenters. The van der Waals surface area contributed by atoms with Gasteiger partial charge in [0.05, 0.1) is 18.5 Å². The zero-order chi connectivity index (χ0) is 13.0. The number of hydrogen-bond donors (Lipinski definition) is 1. The van der Waals surface area contributed by atoms with Crippen LogP contribution in [-0.2, 0) is 16.1 Å². The number of aromatic nitrogens is 2. The van der Waals surface area contributed by atoms with Crippen molar-refractivity contribution in [1.29, 1.82) is 0 Å². The number of ether oxygens (including phenoxy) is 1. The number of nitrogens with two attached hydrogens (primary N) is 1. The van der Waals surface area contributed by atoms with E-state index < -0.39 is 0 Å². The van der Waals surface area contributed by atoms with E-state index in [0.29, 0.717) is 11.6 Å². The van der Waals surface area contributed by atoms with Crippen LogP contribution in [0.3, 0.4) is 0 Å². The molecule has 1 fully saturated rings. The number of carbonyl (C=O) groups is 1. The molecule has 0 bridgehead atoms. The minimum absolute atomic E-state index is 0.0451. The molecule has 6 heteroatoms.